The molecule has 2 aromatic carbocycles. The van der Waals surface area contributed by atoms with Crippen LogP contribution < -0.4 is 15.5 Å². The molecule has 1 saturated heterocycles. The van der Waals surface area contributed by atoms with Crippen molar-refractivity contribution in [3.05, 3.63) is 65.7 Å². The molecule has 0 radical (unpaired) electrons. The Labute approximate surface area is 162 Å². The van der Waals surface area contributed by atoms with Gasteiger partial charge in [0.1, 0.15) is 0 Å². The highest BCUT2D eigenvalue weighted by Gasteiger charge is 2.11. The number of hydrogen-bond donors (Lipinski definition) is 2. The SMILES string of the molecule is CN=C(NCc1ccc(N2CCOCC2)cc1)NCC(C)c1ccccc1. The lowest BCUT2D eigenvalue weighted by Crippen LogP contribution is -2.38. The highest BCUT2D eigenvalue weighted by atomic mass is 16.5. The highest BCUT2D eigenvalue weighted by Crippen LogP contribution is 2.16. The number of hydrogen-bond acceptors (Lipinski definition) is 3. The van der Waals surface area contributed by atoms with E-state index in [2.05, 4.69) is 82.0 Å². The molecule has 144 valence electrons. The second-order valence-electron chi connectivity index (χ2n) is 6.88. The van der Waals surface area contributed by atoms with Crippen molar-refractivity contribution in [1.82, 2.24) is 10.6 Å². The van der Waals surface area contributed by atoms with Gasteiger partial charge in [0.15, 0.2) is 5.96 Å². The van der Waals surface area contributed by atoms with Gasteiger partial charge in [0.05, 0.1) is 13.2 Å². The Morgan fingerprint density at radius 3 is 2.41 bits per heavy atom. The Hall–Kier alpha value is -2.53. The number of morpholine rings is 1. The lowest BCUT2D eigenvalue weighted by molar-refractivity contribution is 0.122. The molecule has 2 N–H and O–H groups in total. The molecule has 1 aliphatic rings. The predicted octanol–water partition coefficient (Wildman–Crippen LogP) is 2.99. The van der Waals surface area contributed by atoms with Gasteiger partial charge in [0, 0.05) is 38.9 Å². The topological polar surface area (TPSA) is 48.9 Å². The summed E-state index contributed by atoms with van der Waals surface area (Å²) in [7, 11) is 1.81. The van der Waals surface area contributed by atoms with E-state index in [9.17, 15) is 0 Å². The molecule has 1 fully saturated rings. The predicted molar refractivity (Wildman–Crippen MR) is 113 cm³/mol. The molecule has 5 nitrogen and oxygen atoms in total. The largest absolute Gasteiger partial charge is 0.378 e. The van der Waals surface area contributed by atoms with Gasteiger partial charge in [-0.25, -0.2) is 0 Å². The first-order chi connectivity index (χ1) is 13.3. The summed E-state index contributed by atoms with van der Waals surface area (Å²) >= 11 is 0. The quantitative estimate of drug-likeness (QED) is 0.610. The Kier molecular flexibility index (Phi) is 7.11. The number of rotatable bonds is 6. The monoisotopic (exact) mass is 366 g/mol. The van der Waals surface area contributed by atoms with Crippen LogP contribution in [0.25, 0.3) is 0 Å². The van der Waals surface area contributed by atoms with E-state index in [0.29, 0.717) is 5.92 Å². The molecule has 0 bridgehead atoms. The molecule has 0 amide bonds. The molecule has 27 heavy (non-hydrogen) atoms. The number of anilines is 1. The first kappa shape index (κ1) is 19.2. The lowest BCUT2D eigenvalue weighted by atomic mass is 10.0. The summed E-state index contributed by atoms with van der Waals surface area (Å²) in [5.74, 6) is 1.26. The van der Waals surface area contributed by atoms with Gasteiger partial charge < -0.3 is 20.3 Å². The van der Waals surface area contributed by atoms with E-state index in [1.165, 1.54) is 16.8 Å². The summed E-state index contributed by atoms with van der Waals surface area (Å²) in [6.07, 6.45) is 0. The molecule has 0 saturated carbocycles. The van der Waals surface area contributed by atoms with Crippen LogP contribution in [0.2, 0.25) is 0 Å². The van der Waals surface area contributed by atoms with Gasteiger partial charge >= 0.3 is 0 Å². The van der Waals surface area contributed by atoms with Crippen molar-refractivity contribution in [3.63, 3.8) is 0 Å². The van der Waals surface area contributed by atoms with Crippen molar-refractivity contribution in [2.45, 2.75) is 19.4 Å². The third-order valence-corrected chi connectivity index (χ3v) is 4.94. The fourth-order valence-electron chi connectivity index (χ4n) is 3.20. The highest BCUT2D eigenvalue weighted by molar-refractivity contribution is 5.79. The van der Waals surface area contributed by atoms with Crippen LogP contribution in [0.5, 0.6) is 0 Å². The number of benzene rings is 2. The third kappa shape index (κ3) is 5.73. The summed E-state index contributed by atoms with van der Waals surface area (Å²) in [5, 5.41) is 6.81. The molecule has 0 spiro atoms. The van der Waals surface area contributed by atoms with Crippen LogP contribution in [0.15, 0.2) is 59.6 Å². The molecule has 2 aromatic rings. The molecule has 1 aliphatic heterocycles. The molecule has 3 rings (SSSR count). The van der Waals surface area contributed by atoms with E-state index >= 15 is 0 Å². The van der Waals surface area contributed by atoms with Gasteiger partial charge in [-0.05, 0) is 29.2 Å². The normalized spacial score (nSPS) is 16.1. The first-order valence-corrected chi connectivity index (χ1v) is 9.67. The van der Waals surface area contributed by atoms with Crippen LogP contribution in [-0.4, -0.2) is 45.9 Å². The van der Waals surface area contributed by atoms with Gasteiger partial charge in [0.2, 0.25) is 0 Å². The van der Waals surface area contributed by atoms with E-state index in [-0.39, 0.29) is 0 Å². The summed E-state index contributed by atoms with van der Waals surface area (Å²) < 4.78 is 5.42. The zero-order valence-corrected chi connectivity index (χ0v) is 16.3. The molecular formula is C22H30N4O. The summed E-state index contributed by atoms with van der Waals surface area (Å²) in [5.41, 5.74) is 3.84. The molecule has 0 aromatic heterocycles. The molecule has 0 aliphatic carbocycles. The van der Waals surface area contributed by atoms with Gasteiger partial charge in [-0.15, -0.1) is 0 Å². The fraction of sp³-hybridized carbons (Fsp3) is 0.409. The van der Waals surface area contributed by atoms with Gasteiger partial charge in [-0.3, -0.25) is 4.99 Å². The van der Waals surface area contributed by atoms with Gasteiger partial charge in [0.25, 0.3) is 0 Å². The minimum Gasteiger partial charge on any atom is -0.378 e. The van der Waals surface area contributed by atoms with E-state index in [0.717, 1.165) is 45.4 Å². The van der Waals surface area contributed by atoms with E-state index in [1.54, 1.807) is 0 Å². The van der Waals surface area contributed by atoms with Crippen LogP contribution in [0, 0.1) is 0 Å². The average molecular weight is 367 g/mol. The van der Waals surface area contributed by atoms with E-state index in [1.807, 2.05) is 7.05 Å². The van der Waals surface area contributed by atoms with E-state index in [4.69, 9.17) is 4.74 Å². The van der Waals surface area contributed by atoms with Crippen LogP contribution >= 0.6 is 0 Å². The maximum atomic E-state index is 5.42. The van der Waals surface area contributed by atoms with Crippen molar-refractivity contribution in [3.8, 4) is 0 Å². The number of guanidine groups is 1. The molecule has 1 atom stereocenters. The van der Waals surface area contributed by atoms with Crippen LogP contribution in [-0.2, 0) is 11.3 Å². The van der Waals surface area contributed by atoms with Crippen LogP contribution in [0.3, 0.4) is 0 Å². The van der Waals surface area contributed by atoms with Gasteiger partial charge in [-0.2, -0.15) is 0 Å². The average Bonchev–Trinajstić information content (AvgIpc) is 2.75. The van der Waals surface area contributed by atoms with Crippen molar-refractivity contribution in [2.24, 2.45) is 4.99 Å². The Morgan fingerprint density at radius 1 is 1.04 bits per heavy atom. The third-order valence-electron chi connectivity index (χ3n) is 4.94. The van der Waals surface area contributed by atoms with Crippen molar-refractivity contribution in [1.29, 1.82) is 0 Å². The number of ether oxygens (including phenoxy) is 1. The van der Waals surface area contributed by atoms with E-state index < -0.39 is 0 Å². The van der Waals surface area contributed by atoms with Crippen molar-refractivity contribution < 1.29 is 4.74 Å². The number of nitrogens with one attached hydrogen (secondary N) is 2. The summed E-state index contributed by atoms with van der Waals surface area (Å²) in [6.45, 7) is 7.38. The zero-order chi connectivity index (χ0) is 18.9. The standard InChI is InChI=1S/C22H30N4O/c1-18(20-6-4-3-5-7-20)16-24-22(23-2)25-17-19-8-10-21(11-9-19)26-12-14-27-15-13-26/h3-11,18H,12-17H2,1-2H3,(H2,23,24,25). The van der Waals surface area contributed by atoms with Gasteiger partial charge in [-0.1, -0.05) is 49.4 Å². The summed E-state index contributed by atoms with van der Waals surface area (Å²) in [4.78, 5) is 6.70. The Bertz CT molecular complexity index is 709. The second-order valence-corrected chi connectivity index (χ2v) is 6.88. The Morgan fingerprint density at radius 2 is 1.74 bits per heavy atom. The zero-order valence-electron chi connectivity index (χ0n) is 16.3. The van der Waals surface area contributed by atoms with Crippen molar-refractivity contribution in [2.75, 3.05) is 44.8 Å². The maximum absolute atomic E-state index is 5.42. The number of nitrogens with zero attached hydrogens (tertiary/aromatic N) is 2. The second kappa shape index (κ2) is 9.97. The minimum atomic E-state index is 0.428. The van der Waals surface area contributed by atoms with Crippen molar-refractivity contribution >= 4 is 11.6 Å². The maximum Gasteiger partial charge on any atom is 0.191 e. The molecular weight excluding hydrogens is 336 g/mol. The fourth-order valence-corrected chi connectivity index (χ4v) is 3.20. The molecule has 5 heteroatoms. The first-order valence-electron chi connectivity index (χ1n) is 9.67. The molecule has 1 unspecified atom stereocenters. The van der Waals surface area contributed by atoms with Crippen LogP contribution in [0.1, 0.15) is 24.0 Å². The van der Waals surface area contributed by atoms with Crippen LogP contribution in [0.4, 0.5) is 5.69 Å². The molecule has 1 heterocycles. The minimum absolute atomic E-state index is 0.428. The number of aliphatic imine (C=N–C) groups is 1. The summed E-state index contributed by atoms with van der Waals surface area (Å²) in [6, 6.07) is 19.3. The lowest BCUT2D eigenvalue weighted by Gasteiger charge is -2.29. The smallest absolute Gasteiger partial charge is 0.191 e. The Balaban J connectivity index is 1.46.